The van der Waals surface area contributed by atoms with Crippen LogP contribution in [0.2, 0.25) is 0 Å². The fourth-order valence-electron chi connectivity index (χ4n) is 2.47. The zero-order chi connectivity index (χ0) is 18.2. The van der Waals surface area contributed by atoms with Crippen molar-refractivity contribution in [2.45, 2.75) is 18.4 Å². The highest BCUT2D eigenvalue weighted by Gasteiger charge is 2.05. The van der Waals surface area contributed by atoms with Crippen molar-refractivity contribution in [3.05, 3.63) is 72.6 Å². The molecule has 0 saturated heterocycles. The topological polar surface area (TPSA) is 56.1 Å². The minimum absolute atomic E-state index is 0.0277. The second kappa shape index (κ2) is 9.10. The number of rotatable bonds is 8. The van der Waals surface area contributed by atoms with E-state index in [1.165, 1.54) is 11.8 Å². The van der Waals surface area contributed by atoms with Gasteiger partial charge in [-0.3, -0.25) is 9.48 Å². The summed E-state index contributed by atoms with van der Waals surface area (Å²) in [6.07, 6.45) is 3.67. The van der Waals surface area contributed by atoms with Crippen LogP contribution in [0.15, 0.2) is 71.9 Å². The molecule has 3 rings (SSSR count). The highest BCUT2D eigenvalue weighted by Crippen LogP contribution is 2.22. The zero-order valence-corrected chi connectivity index (χ0v) is 15.4. The van der Waals surface area contributed by atoms with E-state index in [1.54, 1.807) is 6.20 Å². The lowest BCUT2D eigenvalue weighted by atomic mass is 10.2. The number of amides is 1. The lowest BCUT2D eigenvalue weighted by Gasteiger charge is -2.08. The Labute approximate surface area is 157 Å². The van der Waals surface area contributed by atoms with E-state index >= 15 is 0 Å². The van der Waals surface area contributed by atoms with Crippen LogP contribution in [0.4, 0.5) is 5.69 Å². The smallest absolute Gasteiger partial charge is 0.234 e. The van der Waals surface area contributed by atoms with Crippen LogP contribution in [-0.2, 0) is 11.3 Å². The molecule has 1 aromatic heterocycles. The largest absolute Gasteiger partial charge is 0.494 e. The highest BCUT2D eigenvalue weighted by atomic mass is 32.2. The van der Waals surface area contributed by atoms with E-state index in [9.17, 15) is 4.79 Å². The van der Waals surface area contributed by atoms with Gasteiger partial charge in [-0.15, -0.1) is 11.8 Å². The van der Waals surface area contributed by atoms with Crippen molar-refractivity contribution >= 4 is 23.4 Å². The van der Waals surface area contributed by atoms with Gasteiger partial charge in [0.15, 0.2) is 0 Å². The summed E-state index contributed by atoms with van der Waals surface area (Å²) in [5, 5.41) is 7.15. The third kappa shape index (κ3) is 5.39. The molecule has 0 atom stereocenters. The van der Waals surface area contributed by atoms with Crippen molar-refractivity contribution in [3.8, 4) is 5.75 Å². The summed E-state index contributed by atoms with van der Waals surface area (Å²) in [5.41, 5.74) is 1.89. The van der Waals surface area contributed by atoms with Crippen LogP contribution >= 0.6 is 11.8 Å². The van der Waals surface area contributed by atoms with Gasteiger partial charge < -0.3 is 10.1 Å². The van der Waals surface area contributed by atoms with Crippen molar-refractivity contribution in [1.82, 2.24) is 9.78 Å². The van der Waals surface area contributed by atoms with Crippen LogP contribution in [0.25, 0.3) is 0 Å². The molecular formula is C20H21N3O2S. The quantitative estimate of drug-likeness (QED) is 0.610. The van der Waals surface area contributed by atoms with Gasteiger partial charge in [0, 0.05) is 23.0 Å². The van der Waals surface area contributed by atoms with Gasteiger partial charge in [0.1, 0.15) is 5.75 Å². The molecule has 1 heterocycles. The Morgan fingerprint density at radius 2 is 2.04 bits per heavy atom. The van der Waals surface area contributed by atoms with Crippen LogP contribution in [0.5, 0.6) is 5.75 Å². The molecule has 3 aromatic rings. The van der Waals surface area contributed by atoms with E-state index in [0.717, 1.165) is 21.9 Å². The van der Waals surface area contributed by atoms with Gasteiger partial charge >= 0.3 is 0 Å². The number of aromatic nitrogens is 2. The Bertz CT molecular complexity index is 833. The van der Waals surface area contributed by atoms with Gasteiger partial charge in [-0.25, -0.2) is 0 Å². The summed E-state index contributed by atoms with van der Waals surface area (Å²) < 4.78 is 7.27. The predicted octanol–water partition coefficient (Wildman–Crippen LogP) is 4.06. The van der Waals surface area contributed by atoms with Crippen molar-refractivity contribution < 1.29 is 9.53 Å². The molecule has 26 heavy (non-hydrogen) atoms. The van der Waals surface area contributed by atoms with E-state index in [4.69, 9.17) is 4.74 Å². The fourth-order valence-corrected chi connectivity index (χ4v) is 3.17. The molecule has 0 bridgehead atoms. The molecule has 5 nitrogen and oxygen atoms in total. The number of ether oxygens (including phenoxy) is 1. The van der Waals surface area contributed by atoms with Crippen LogP contribution in [0, 0.1) is 0 Å². The summed E-state index contributed by atoms with van der Waals surface area (Å²) in [4.78, 5) is 13.2. The maximum atomic E-state index is 12.2. The number of hydrogen-bond acceptors (Lipinski definition) is 4. The van der Waals surface area contributed by atoms with Gasteiger partial charge in [0.25, 0.3) is 0 Å². The summed E-state index contributed by atoms with van der Waals surface area (Å²) in [6, 6.07) is 17.5. The van der Waals surface area contributed by atoms with Crippen LogP contribution in [0.3, 0.4) is 0 Å². The molecule has 1 N–H and O–H groups in total. The molecule has 1 amide bonds. The van der Waals surface area contributed by atoms with Crippen LogP contribution in [-0.4, -0.2) is 28.0 Å². The van der Waals surface area contributed by atoms with Crippen molar-refractivity contribution in [1.29, 1.82) is 0 Å². The molecule has 0 aliphatic carbocycles. The number of hydrogen-bond donors (Lipinski definition) is 1. The number of nitrogens with zero attached hydrogens (tertiary/aromatic N) is 2. The molecule has 0 aliphatic rings. The normalized spacial score (nSPS) is 10.5. The van der Waals surface area contributed by atoms with Gasteiger partial charge in [-0.1, -0.05) is 12.1 Å². The molecule has 0 unspecified atom stereocenters. The first-order chi connectivity index (χ1) is 12.7. The van der Waals surface area contributed by atoms with Crippen molar-refractivity contribution in [3.63, 3.8) is 0 Å². The van der Waals surface area contributed by atoms with Crippen molar-refractivity contribution in [2.24, 2.45) is 0 Å². The summed E-state index contributed by atoms with van der Waals surface area (Å²) in [5.74, 6) is 1.17. The lowest BCUT2D eigenvalue weighted by Crippen LogP contribution is -2.14. The van der Waals surface area contributed by atoms with E-state index in [-0.39, 0.29) is 5.91 Å². The number of anilines is 1. The molecular weight excluding hydrogens is 346 g/mol. The van der Waals surface area contributed by atoms with Gasteiger partial charge in [0.05, 0.1) is 18.9 Å². The van der Waals surface area contributed by atoms with Crippen LogP contribution < -0.4 is 10.1 Å². The maximum Gasteiger partial charge on any atom is 0.234 e. The van der Waals surface area contributed by atoms with E-state index in [1.807, 2.05) is 72.4 Å². The molecule has 6 heteroatoms. The van der Waals surface area contributed by atoms with E-state index in [2.05, 4.69) is 10.4 Å². The average Bonchev–Trinajstić information content (AvgIpc) is 3.15. The number of benzene rings is 2. The molecule has 0 fully saturated rings. The molecule has 0 aliphatic heterocycles. The first-order valence-corrected chi connectivity index (χ1v) is 9.43. The number of thioether (sulfide) groups is 1. The monoisotopic (exact) mass is 367 g/mol. The SMILES string of the molecule is CCOc1ccc(SCC(=O)Nc2cccc(Cn3cccn3)c2)cc1. The Balaban J connectivity index is 1.51. The maximum absolute atomic E-state index is 12.2. The lowest BCUT2D eigenvalue weighted by molar-refractivity contribution is -0.113. The predicted molar refractivity (Wildman–Crippen MR) is 105 cm³/mol. The van der Waals surface area contributed by atoms with Gasteiger partial charge in [-0.05, 0) is 55.0 Å². The van der Waals surface area contributed by atoms with E-state index < -0.39 is 0 Å². The number of carbonyl (C=O) groups is 1. The second-order valence-electron chi connectivity index (χ2n) is 5.65. The first kappa shape index (κ1) is 18.1. The van der Waals surface area contributed by atoms with Gasteiger partial charge in [0.2, 0.25) is 5.91 Å². The third-order valence-electron chi connectivity index (χ3n) is 3.62. The van der Waals surface area contributed by atoms with Crippen LogP contribution in [0.1, 0.15) is 12.5 Å². The molecule has 0 saturated carbocycles. The molecule has 0 radical (unpaired) electrons. The number of carbonyl (C=O) groups excluding carboxylic acids is 1. The molecule has 2 aromatic carbocycles. The van der Waals surface area contributed by atoms with Crippen molar-refractivity contribution in [2.75, 3.05) is 17.7 Å². The fraction of sp³-hybridized carbons (Fsp3) is 0.200. The standard InChI is InChI=1S/C20H21N3O2S/c1-2-25-18-7-9-19(10-8-18)26-15-20(24)22-17-6-3-5-16(13-17)14-23-12-4-11-21-23/h3-13H,2,14-15H2,1H3,(H,22,24). The Morgan fingerprint density at radius 3 is 2.77 bits per heavy atom. The van der Waals surface area contributed by atoms with E-state index in [0.29, 0.717) is 18.9 Å². The Morgan fingerprint density at radius 1 is 1.19 bits per heavy atom. The minimum Gasteiger partial charge on any atom is -0.494 e. The Hall–Kier alpha value is -2.73. The molecule has 0 spiro atoms. The first-order valence-electron chi connectivity index (χ1n) is 8.45. The minimum atomic E-state index is -0.0277. The molecule has 134 valence electrons. The summed E-state index contributed by atoms with van der Waals surface area (Å²) in [7, 11) is 0. The Kier molecular flexibility index (Phi) is 6.33. The highest BCUT2D eigenvalue weighted by molar-refractivity contribution is 8.00. The number of nitrogens with one attached hydrogen (secondary N) is 1. The zero-order valence-electron chi connectivity index (χ0n) is 14.6. The summed E-state index contributed by atoms with van der Waals surface area (Å²) >= 11 is 1.50. The second-order valence-corrected chi connectivity index (χ2v) is 6.69. The van der Waals surface area contributed by atoms with Gasteiger partial charge in [-0.2, -0.15) is 5.10 Å². The average molecular weight is 367 g/mol. The summed E-state index contributed by atoms with van der Waals surface area (Å²) in [6.45, 7) is 3.28. The third-order valence-corrected chi connectivity index (χ3v) is 4.63.